The van der Waals surface area contributed by atoms with Gasteiger partial charge in [0.25, 0.3) is 5.91 Å². The first kappa shape index (κ1) is 15.6. The Morgan fingerprint density at radius 3 is 2.47 bits per heavy atom. The van der Waals surface area contributed by atoms with Crippen LogP contribution in [0.2, 0.25) is 0 Å². The zero-order chi connectivity index (χ0) is 14.3. The average molecular weight is 286 g/mol. The monoisotopic (exact) mass is 286 g/mol. The fourth-order valence-electron chi connectivity index (χ4n) is 1.42. The van der Waals surface area contributed by atoms with Gasteiger partial charge >= 0.3 is 0 Å². The Bertz CT molecular complexity index is 511. The molecule has 1 rings (SSSR count). The highest BCUT2D eigenvalue weighted by atomic mass is 32.2. The minimum atomic E-state index is -3.72. The van der Waals surface area contributed by atoms with Crippen molar-refractivity contribution >= 4 is 15.9 Å². The Labute approximate surface area is 113 Å². The topological polar surface area (TPSA) is 98.5 Å². The first-order valence-corrected chi connectivity index (χ1v) is 7.48. The van der Waals surface area contributed by atoms with Crippen molar-refractivity contribution in [3.05, 3.63) is 29.8 Å². The second kappa shape index (κ2) is 7.22. The number of ether oxygens (including phenoxy) is 1. The van der Waals surface area contributed by atoms with Gasteiger partial charge in [0.2, 0.25) is 10.0 Å². The summed E-state index contributed by atoms with van der Waals surface area (Å²) in [6.07, 6.45) is 0.731. The van der Waals surface area contributed by atoms with Crippen molar-refractivity contribution in [2.24, 2.45) is 5.14 Å². The summed E-state index contributed by atoms with van der Waals surface area (Å²) in [5.41, 5.74) is 0.392. The molecule has 0 radical (unpaired) electrons. The molecule has 0 heterocycles. The molecule has 0 saturated carbocycles. The van der Waals surface area contributed by atoms with Crippen molar-refractivity contribution in [2.45, 2.75) is 18.2 Å². The van der Waals surface area contributed by atoms with E-state index in [1.807, 2.05) is 6.92 Å². The number of sulfonamides is 1. The minimum Gasteiger partial charge on any atom is -0.382 e. The summed E-state index contributed by atoms with van der Waals surface area (Å²) >= 11 is 0. The Morgan fingerprint density at radius 1 is 1.32 bits per heavy atom. The normalized spacial score (nSPS) is 11.3. The molecular weight excluding hydrogens is 268 g/mol. The fraction of sp³-hybridized carbons (Fsp3) is 0.417. The van der Waals surface area contributed by atoms with Gasteiger partial charge in [0.05, 0.1) is 4.90 Å². The van der Waals surface area contributed by atoms with Crippen LogP contribution in [0.15, 0.2) is 29.2 Å². The molecule has 0 bridgehead atoms. The molecule has 0 spiro atoms. The fourth-order valence-corrected chi connectivity index (χ4v) is 1.93. The van der Waals surface area contributed by atoms with Crippen molar-refractivity contribution < 1.29 is 17.9 Å². The third-order valence-electron chi connectivity index (χ3n) is 2.40. The maximum absolute atomic E-state index is 11.7. The molecule has 0 aromatic heterocycles. The van der Waals surface area contributed by atoms with Gasteiger partial charge in [-0.1, -0.05) is 0 Å². The van der Waals surface area contributed by atoms with E-state index in [1.54, 1.807) is 0 Å². The molecule has 0 aliphatic heterocycles. The number of benzene rings is 1. The van der Waals surface area contributed by atoms with Gasteiger partial charge < -0.3 is 10.1 Å². The number of nitrogens with one attached hydrogen (secondary N) is 1. The second-order valence-corrected chi connectivity index (χ2v) is 5.44. The predicted octanol–water partition coefficient (Wildman–Crippen LogP) is 0.490. The molecule has 0 aliphatic carbocycles. The van der Waals surface area contributed by atoms with E-state index < -0.39 is 10.0 Å². The smallest absolute Gasteiger partial charge is 0.251 e. The zero-order valence-electron chi connectivity index (χ0n) is 10.8. The highest BCUT2D eigenvalue weighted by Crippen LogP contribution is 2.08. The average Bonchev–Trinajstić information content (AvgIpc) is 2.37. The molecule has 0 unspecified atom stereocenters. The van der Waals surface area contributed by atoms with Gasteiger partial charge in [-0.05, 0) is 37.6 Å². The van der Waals surface area contributed by atoms with Gasteiger partial charge in [-0.2, -0.15) is 0 Å². The van der Waals surface area contributed by atoms with E-state index in [4.69, 9.17) is 9.88 Å². The first-order valence-electron chi connectivity index (χ1n) is 5.94. The number of nitrogens with two attached hydrogens (primary N) is 1. The van der Waals surface area contributed by atoms with Crippen LogP contribution in [0, 0.1) is 0 Å². The van der Waals surface area contributed by atoms with Crippen LogP contribution < -0.4 is 10.5 Å². The van der Waals surface area contributed by atoms with E-state index in [9.17, 15) is 13.2 Å². The number of hydrogen-bond donors (Lipinski definition) is 2. The molecule has 1 aromatic carbocycles. The lowest BCUT2D eigenvalue weighted by Crippen LogP contribution is -2.25. The Kier molecular flexibility index (Phi) is 5.94. The van der Waals surface area contributed by atoms with Crippen molar-refractivity contribution in [2.75, 3.05) is 19.8 Å². The molecule has 1 amide bonds. The molecule has 0 atom stereocenters. The molecule has 19 heavy (non-hydrogen) atoms. The lowest BCUT2D eigenvalue weighted by Gasteiger charge is -2.06. The molecule has 106 valence electrons. The van der Waals surface area contributed by atoms with Gasteiger partial charge in [-0.3, -0.25) is 4.79 Å². The first-order chi connectivity index (χ1) is 8.95. The SMILES string of the molecule is CCOCCCNC(=O)c1ccc(S(N)(=O)=O)cc1. The molecule has 0 fully saturated rings. The van der Waals surface area contributed by atoms with Crippen LogP contribution in [0.1, 0.15) is 23.7 Å². The summed E-state index contributed by atoms with van der Waals surface area (Å²) in [4.78, 5) is 11.7. The van der Waals surface area contributed by atoms with Crippen LogP contribution in [0.4, 0.5) is 0 Å². The maximum atomic E-state index is 11.7. The van der Waals surface area contributed by atoms with Crippen LogP contribution in [0.25, 0.3) is 0 Å². The largest absolute Gasteiger partial charge is 0.382 e. The minimum absolute atomic E-state index is 0.0135. The number of amides is 1. The van der Waals surface area contributed by atoms with Gasteiger partial charge in [-0.15, -0.1) is 0 Å². The van der Waals surface area contributed by atoms with Crippen LogP contribution in [0.3, 0.4) is 0 Å². The number of hydrogen-bond acceptors (Lipinski definition) is 4. The van der Waals surface area contributed by atoms with E-state index >= 15 is 0 Å². The summed E-state index contributed by atoms with van der Waals surface area (Å²) in [5, 5.41) is 7.68. The van der Waals surface area contributed by atoms with E-state index in [1.165, 1.54) is 24.3 Å². The van der Waals surface area contributed by atoms with E-state index in [0.717, 1.165) is 6.42 Å². The van der Waals surface area contributed by atoms with Crippen molar-refractivity contribution in [1.82, 2.24) is 5.32 Å². The summed E-state index contributed by atoms with van der Waals surface area (Å²) < 4.78 is 27.2. The third-order valence-corrected chi connectivity index (χ3v) is 3.33. The molecule has 7 heteroatoms. The van der Waals surface area contributed by atoms with E-state index in [0.29, 0.717) is 25.3 Å². The predicted molar refractivity (Wildman–Crippen MR) is 71.3 cm³/mol. The summed E-state index contributed by atoms with van der Waals surface area (Å²) in [7, 11) is -3.72. The quantitative estimate of drug-likeness (QED) is 0.713. The van der Waals surface area contributed by atoms with Crippen LogP contribution in [-0.4, -0.2) is 34.1 Å². The van der Waals surface area contributed by atoms with E-state index in [-0.39, 0.29) is 10.8 Å². The number of primary sulfonamides is 1. The van der Waals surface area contributed by atoms with Gasteiger partial charge in [0.15, 0.2) is 0 Å². The highest BCUT2D eigenvalue weighted by Gasteiger charge is 2.09. The number of carbonyl (C=O) groups excluding carboxylic acids is 1. The van der Waals surface area contributed by atoms with Crippen molar-refractivity contribution in [1.29, 1.82) is 0 Å². The Balaban J connectivity index is 2.50. The summed E-state index contributed by atoms with van der Waals surface area (Å²) in [6.45, 7) is 3.67. The molecular formula is C12H18N2O4S. The second-order valence-electron chi connectivity index (χ2n) is 3.88. The lowest BCUT2D eigenvalue weighted by atomic mass is 10.2. The van der Waals surface area contributed by atoms with Crippen molar-refractivity contribution in [3.63, 3.8) is 0 Å². The number of carbonyl (C=O) groups is 1. The maximum Gasteiger partial charge on any atom is 0.251 e. The van der Waals surface area contributed by atoms with Crippen LogP contribution >= 0.6 is 0 Å². The van der Waals surface area contributed by atoms with Gasteiger partial charge in [-0.25, -0.2) is 13.6 Å². The molecule has 3 N–H and O–H groups in total. The molecule has 0 aliphatic rings. The summed E-state index contributed by atoms with van der Waals surface area (Å²) in [6, 6.07) is 5.48. The molecule has 1 aromatic rings. The van der Waals surface area contributed by atoms with Crippen LogP contribution in [0.5, 0.6) is 0 Å². The van der Waals surface area contributed by atoms with Crippen molar-refractivity contribution in [3.8, 4) is 0 Å². The van der Waals surface area contributed by atoms with E-state index in [2.05, 4.69) is 5.32 Å². The third kappa shape index (κ3) is 5.37. The van der Waals surface area contributed by atoms with Gasteiger partial charge in [0, 0.05) is 25.3 Å². The lowest BCUT2D eigenvalue weighted by molar-refractivity contribution is 0.0944. The summed E-state index contributed by atoms with van der Waals surface area (Å²) in [5.74, 6) is -0.252. The number of rotatable bonds is 7. The standard InChI is InChI=1S/C12H18N2O4S/c1-2-18-9-3-8-14-12(15)10-4-6-11(7-5-10)19(13,16)17/h4-7H,2-3,8-9H2,1H3,(H,14,15)(H2,13,16,17). The highest BCUT2D eigenvalue weighted by molar-refractivity contribution is 7.89. The molecule has 6 nitrogen and oxygen atoms in total. The Hall–Kier alpha value is -1.44. The zero-order valence-corrected chi connectivity index (χ0v) is 11.6. The molecule has 0 saturated heterocycles. The Morgan fingerprint density at radius 2 is 1.95 bits per heavy atom. The van der Waals surface area contributed by atoms with Gasteiger partial charge in [0.1, 0.15) is 0 Å². The van der Waals surface area contributed by atoms with Crippen LogP contribution in [-0.2, 0) is 14.8 Å².